The summed E-state index contributed by atoms with van der Waals surface area (Å²) in [6.45, 7) is 11.9. The Kier molecular flexibility index (Phi) is 5.54. The van der Waals surface area contributed by atoms with Gasteiger partial charge in [0.1, 0.15) is 0 Å². The van der Waals surface area contributed by atoms with Gasteiger partial charge in [0, 0.05) is 0 Å². The van der Waals surface area contributed by atoms with E-state index in [9.17, 15) is 0 Å². The number of allylic oxidation sites excluding steroid dienone is 4. The van der Waals surface area contributed by atoms with Gasteiger partial charge in [-0.3, -0.25) is 0 Å². The maximum Gasteiger partial charge on any atom is -0.0101 e. The van der Waals surface area contributed by atoms with Crippen LogP contribution >= 0.6 is 0 Å². The molecule has 0 aromatic heterocycles. The predicted octanol–water partition coefficient (Wildman–Crippen LogP) is 3.87. The third-order valence-electron chi connectivity index (χ3n) is 1.65. The lowest BCUT2D eigenvalue weighted by Gasteiger charge is -1.97. The molecular weight excluding hydrogens is 132 g/mol. The van der Waals surface area contributed by atoms with Gasteiger partial charge in [-0.15, -0.1) is 0 Å². The van der Waals surface area contributed by atoms with Gasteiger partial charge in [0.2, 0.25) is 0 Å². The van der Waals surface area contributed by atoms with Gasteiger partial charge in [-0.2, -0.15) is 0 Å². The van der Waals surface area contributed by atoms with Gasteiger partial charge in [-0.1, -0.05) is 49.8 Å². The molecule has 0 heteroatoms. The molecule has 0 aromatic rings. The van der Waals surface area contributed by atoms with E-state index in [-0.39, 0.29) is 0 Å². The zero-order chi connectivity index (χ0) is 8.69. The zero-order valence-electron chi connectivity index (χ0n) is 7.69. The molecule has 0 spiro atoms. The van der Waals surface area contributed by atoms with Crippen molar-refractivity contribution in [3.8, 4) is 0 Å². The van der Waals surface area contributed by atoms with Gasteiger partial charge in [0.05, 0.1) is 0 Å². The molecule has 11 heavy (non-hydrogen) atoms. The largest absolute Gasteiger partial charge is 0.0988 e. The quantitative estimate of drug-likeness (QED) is 0.412. The molecule has 0 heterocycles. The van der Waals surface area contributed by atoms with Crippen LogP contribution in [0, 0.1) is 0 Å². The van der Waals surface area contributed by atoms with Gasteiger partial charge >= 0.3 is 0 Å². The van der Waals surface area contributed by atoms with Crippen molar-refractivity contribution in [1.82, 2.24) is 0 Å². The molecule has 0 aliphatic heterocycles. The van der Waals surface area contributed by atoms with Crippen molar-refractivity contribution in [2.75, 3.05) is 0 Å². The first-order valence-electron chi connectivity index (χ1n) is 4.16. The Bertz CT molecular complexity index is 161. The maximum atomic E-state index is 3.84. The summed E-state index contributed by atoms with van der Waals surface area (Å²) in [7, 11) is 0. The SMILES string of the molecule is C=CC(=C)C/C=C(\C)CCC. The Hall–Kier alpha value is -0.780. The lowest BCUT2D eigenvalue weighted by Crippen LogP contribution is -1.77. The highest BCUT2D eigenvalue weighted by Crippen LogP contribution is 2.07. The van der Waals surface area contributed by atoms with E-state index in [4.69, 9.17) is 0 Å². The van der Waals surface area contributed by atoms with E-state index in [1.165, 1.54) is 18.4 Å². The van der Waals surface area contributed by atoms with Crippen LogP contribution in [0.3, 0.4) is 0 Å². The van der Waals surface area contributed by atoms with Crippen LogP contribution in [-0.4, -0.2) is 0 Å². The maximum absolute atomic E-state index is 3.84. The van der Waals surface area contributed by atoms with Crippen molar-refractivity contribution in [2.45, 2.75) is 33.1 Å². The number of rotatable bonds is 5. The van der Waals surface area contributed by atoms with Gasteiger partial charge in [0.25, 0.3) is 0 Å². The van der Waals surface area contributed by atoms with Gasteiger partial charge < -0.3 is 0 Å². The smallest absolute Gasteiger partial charge is 0.0101 e. The number of hydrogen-bond acceptors (Lipinski definition) is 0. The summed E-state index contributed by atoms with van der Waals surface area (Å²) >= 11 is 0. The summed E-state index contributed by atoms with van der Waals surface area (Å²) in [5.74, 6) is 0. The van der Waals surface area contributed by atoms with Crippen LogP contribution in [0.15, 0.2) is 36.5 Å². The van der Waals surface area contributed by atoms with Crippen molar-refractivity contribution < 1.29 is 0 Å². The minimum atomic E-state index is 0.954. The average Bonchev–Trinajstić information content (AvgIpc) is 2.01. The van der Waals surface area contributed by atoms with Crippen molar-refractivity contribution in [1.29, 1.82) is 0 Å². The van der Waals surface area contributed by atoms with Crippen molar-refractivity contribution in [2.24, 2.45) is 0 Å². The Morgan fingerprint density at radius 1 is 1.45 bits per heavy atom. The molecule has 0 nitrogen and oxygen atoms in total. The summed E-state index contributed by atoms with van der Waals surface area (Å²) in [4.78, 5) is 0. The van der Waals surface area contributed by atoms with Gasteiger partial charge in [-0.05, 0) is 19.8 Å². The fraction of sp³-hybridized carbons (Fsp3) is 0.455. The summed E-state index contributed by atoms with van der Waals surface area (Å²) in [6.07, 6.45) is 7.42. The summed E-state index contributed by atoms with van der Waals surface area (Å²) < 4.78 is 0. The van der Waals surface area contributed by atoms with E-state index in [0.717, 1.165) is 12.0 Å². The summed E-state index contributed by atoms with van der Waals surface area (Å²) in [5.41, 5.74) is 2.55. The van der Waals surface area contributed by atoms with E-state index in [1.807, 2.05) is 6.08 Å². The minimum absolute atomic E-state index is 0.954. The van der Waals surface area contributed by atoms with Crippen LogP contribution in [0.4, 0.5) is 0 Å². The highest BCUT2D eigenvalue weighted by atomic mass is 13.9. The first-order chi connectivity index (χ1) is 5.20. The van der Waals surface area contributed by atoms with E-state index in [1.54, 1.807) is 0 Å². The molecule has 0 saturated heterocycles. The topological polar surface area (TPSA) is 0 Å². The van der Waals surface area contributed by atoms with Crippen molar-refractivity contribution >= 4 is 0 Å². The molecule has 0 atom stereocenters. The molecule has 62 valence electrons. The zero-order valence-corrected chi connectivity index (χ0v) is 7.69. The van der Waals surface area contributed by atoms with E-state index >= 15 is 0 Å². The van der Waals surface area contributed by atoms with Crippen LogP contribution in [-0.2, 0) is 0 Å². The summed E-state index contributed by atoms with van der Waals surface area (Å²) in [5, 5.41) is 0. The predicted molar refractivity (Wildman–Crippen MR) is 52.6 cm³/mol. The molecule has 0 bridgehead atoms. The fourth-order valence-electron chi connectivity index (χ4n) is 0.885. The molecule has 0 radical (unpaired) electrons. The van der Waals surface area contributed by atoms with Gasteiger partial charge in [0.15, 0.2) is 0 Å². The molecule has 0 fully saturated rings. The minimum Gasteiger partial charge on any atom is -0.0988 e. The first kappa shape index (κ1) is 10.2. The Morgan fingerprint density at radius 3 is 2.55 bits per heavy atom. The molecule has 0 aliphatic carbocycles. The van der Waals surface area contributed by atoms with Crippen molar-refractivity contribution in [3.05, 3.63) is 36.5 Å². The molecular formula is C11H18. The van der Waals surface area contributed by atoms with Crippen molar-refractivity contribution in [3.63, 3.8) is 0 Å². The molecule has 0 aromatic carbocycles. The second-order valence-electron chi connectivity index (χ2n) is 2.87. The second-order valence-corrected chi connectivity index (χ2v) is 2.87. The monoisotopic (exact) mass is 150 g/mol. The van der Waals surface area contributed by atoms with E-state index in [2.05, 4.69) is 33.1 Å². The first-order valence-corrected chi connectivity index (χ1v) is 4.16. The standard InChI is InChI=1S/C11H18/c1-5-7-11(4)9-8-10(3)6-2/h6,9H,2-3,5,7-8H2,1,4H3/b11-9+. The third-order valence-corrected chi connectivity index (χ3v) is 1.65. The van der Waals surface area contributed by atoms with Gasteiger partial charge in [-0.25, -0.2) is 0 Å². The second kappa shape index (κ2) is 5.96. The van der Waals surface area contributed by atoms with Crippen LogP contribution in [0.25, 0.3) is 0 Å². The highest BCUT2D eigenvalue weighted by molar-refractivity contribution is 5.16. The molecule has 0 amide bonds. The molecule has 0 N–H and O–H groups in total. The van der Waals surface area contributed by atoms with Crippen LogP contribution in [0.1, 0.15) is 33.1 Å². The summed E-state index contributed by atoms with van der Waals surface area (Å²) in [6, 6.07) is 0. The Labute approximate surface area is 70.3 Å². The molecule has 0 aliphatic rings. The molecule has 0 rings (SSSR count). The normalized spacial score (nSPS) is 11.3. The number of hydrogen-bond donors (Lipinski definition) is 0. The Morgan fingerprint density at radius 2 is 2.09 bits per heavy atom. The Balaban J connectivity index is 3.71. The molecule has 0 saturated carbocycles. The highest BCUT2D eigenvalue weighted by Gasteiger charge is 1.87. The average molecular weight is 150 g/mol. The van der Waals surface area contributed by atoms with Crippen LogP contribution < -0.4 is 0 Å². The fourth-order valence-corrected chi connectivity index (χ4v) is 0.885. The van der Waals surface area contributed by atoms with Crippen LogP contribution in [0.5, 0.6) is 0 Å². The lowest BCUT2D eigenvalue weighted by molar-refractivity contribution is 0.898. The van der Waals surface area contributed by atoms with Crippen LogP contribution in [0.2, 0.25) is 0 Å². The molecule has 0 unspecified atom stereocenters. The third kappa shape index (κ3) is 5.65. The lowest BCUT2D eigenvalue weighted by atomic mass is 10.1. The van der Waals surface area contributed by atoms with E-state index < -0.39 is 0 Å². The van der Waals surface area contributed by atoms with E-state index in [0.29, 0.717) is 0 Å².